The number of nitrogens with zero attached hydrogens (tertiary/aromatic N) is 2. The average molecular weight is 623 g/mol. The van der Waals surface area contributed by atoms with Crippen LogP contribution in [0.1, 0.15) is 0 Å². The molecule has 0 spiro atoms. The molecule has 49 heavy (non-hydrogen) atoms. The molecule has 0 radical (unpaired) electrons. The monoisotopic (exact) mass is 622 g/mol. The van der Waals surface area contributed by atoms with E-state index < -0.39 is 0 Å². The third-order valence-corrected chi connectivity index (χ3v) is 10.0. The highest BCUT2D eigenvalue weighted by Gasteiger charge is 2.24. The van der Waals surface area contributed by atoms with Crippen molar-refractivity contribution in [2.45, 2.75) is 0 Å². The molecule has 0 unspecified atom stereocenters. The zero-order chi connectivity index (χ0) is 32.3. The predicted molar refractivity (Wildman–Crippen MR) is 205 cm³/mol. The van der Waals surface area contributed by atoms with Crippen LogP contribution >= 0.6 is 0 Å². The van der Waals surface area contributed by atoms with Crippen molar-refractivity contribution in [2.75, 3.05) is 0 Å². The first kappa shape index (κ1) is 27.6. The summed E-state index contributed by atoms with van der Waals surface area (Å²) in [5.74, 6) is 0. The van der Waals surface area contributed by atoms with Gasteiger partial charge in [0.15, 0.2) is 0 Å². The molecule has 2 heteroatoms. The first-order chi connectivity index (χ1) is 24.3. The first-order valence-electron chi connectivity index (χ1n) is 16.8. The Labute approximate surface area is 285 Å². The van der Waals surface area contributed by atoms with Gasteiger partial charge in [-0.05, 0) is 109 Å². The minimum atomic E-state index is 1.01. The molecule has 2 heterocycles. The quantitative estimate of drug-likeness (QED) is 0.192. The van der Waals surface area contributed by atoms with Crippen molar-refractivity contribution in [3.8, 4) is 72.4 Å². The van der Waals surface area contributed by atoms with Gasteiger partial charge in [0.25, 0.3) is 0 Å². The van der Waals surface area contributed by atoms with Crippen LogP contribution < -0.4 is 0 Å². The Balaban J connectivity index is 1.18. The molecule has 10 rings (SSSR count). The summed E-state index contributed by atoms with van der Waals surface area (Å²) in [6.45, 7) is 0. The van der Waals surface area contributed by atoms with Gasteiger partial charge < -0.3 is 4.57 Å². The van der Waals surface area contributed by atoms with Crippen LogP contribution in [0.5, 0.6) is 0 Å². The molecular formula is C47H30N2. The minimum Gasteiger partial charge on any atom is -0.308 e. The Morgan fingerprint density at radius 1 is 0.347 bits per heavy atom. The van der Waals surface area contributed by atoms with Crippen LogP contribution in [0, 0.1) is 0 Å². The maximum atomic E-state index is 4.86. The molecule has 0 fully saturated rings. The maximum absolute atomic E-state index is 4.86. The molecule has 2 aromatic heterocycles. The van der Waals surface area contributed by atoms with E-state index in [1.54, 1.807) is 0 Å². The molecule has 2 nitrogen and oxygen atoms in total. The number of rotatable bonds is 3. The number of hydrogen-bond acceptors (Lipinski definition) is 1. The molecule has 1 aliphatic carbocycles. The van der Waals surface area contributed by atoms with Gasteiger partial charge in [-0.15, -0.1) is 0 Å². The lowest BCUT2D eigenvalue weighted by Crippen LogP contribution is -1.98. The lowest BCUT2D eigenvalue weighted by Gasteiger charge is -2.25. The largest absolute Gasteiger partial charge is 0.308 e. The van der Waals surface area contributed by atoms with Crippen molar-refractivity contribution < 1.29 is 0 Å². The Kier molecular flexibility index (Phi) is 6.22. The second kappa shape index (κ2) is 11.0. The fraction of sp³-hybridized carbons (Fsp3) is 0. The van der Waals surface area contributed by atoms with Crippen LogP contribution in [0.15, 0.2) is 182 Å². The lowest BCUT2D eigenvalue weighted by atomic mass is 9.78. The van der Waals surface area contributed by atoms with Crippen molar-refractivity contribution in [3.63, 3.8) is 0 Å². The zero-order valence-corrected chi connectivity index (χ0v) is 26.7. The van der Waals surface area contributed by atoms with Gasteiger partial charge in [0.1, 0.15) is 0 Å². The molecule has 7 aromatic carbocycles. The Bertz CT molecular complexity index is 2710. The molecular weight excluding hydrogens is 593 g/mol. The topological polar surface area (TPSA) is 17.8 Å². The van der Waals surface area contributed by atoms with Crippen molar-refractivity contribution >= 4 is 21.9 Å². The van der Waals surface area contributed by atoms with Crippen LogP contribution in [0.4, 0.5) is 0 Å². The lowest BCUT2D eigenvalue weighted by molar-refractivity contribution is 1.18. The van der Waals surface area contributed by atoms with Gasteiger partial charge in [-0.25, -0.2) is 0 Å². The number of aromatic nitrogens is 2. The Hall–Kier alpha value is -6.51. The number of fused-ring (bicyclic) bond motifs is 11. The van der Waals surface area contributed by atoms with E-state index in [9.17, 15) is 0 Å². The summed E-state index contributed by atoms with van der Waals surface area (Å²) in [5.41, 5.74) is 19.2. The third-order valence-electron chi connectivity index (χ3n) is 10.0. The van der Waals surface area contributed by atoms with Gasteiger partial charge in [-0.3, -0.25) is 4.98 Å². The molecule has 228 valence electrons. The summed E-state index contributed by atoms with van der Waals surface area (Å²) in [7, 11) is 0. The van der Waals surface area contributed by atoms with Crippen LogP contribution in [0.2, 0.25) is 0 Å². The van der Waals surface area contributed by atoms with Gasteiger partial charge in [-0.1, -0.05) is 133 Å². The molecule has 1 aliphatic rings. The van der Waals surface area contributed by atoms with Crippen molar-refractivity contribution in [2.24, 2.45) is 0 Å². The van der Waals surface area contributed by atoms with Crippen LogP contribution in [-0.4, -0.2) is 9.55 Å². The van der Waals surface area contributed by atoms with E-state index in [2.05, 4.69) is 174 Å². The van der Waals surface area contributed by atoms with E-state index in [1.165, 1.54) is 66.8 Å². The van der Waals surface area contributed by atoms with Gasteiger partial charge in [0, 0.05) is 17.3 Å². The van der Waals surface area contributed by atoms with E-state index in [0.717, 1.165) is 27.6 Å². The fourth-order valence-corrected chi connectivity index (χ4v) is 7.89. The summed E-state index contributed by atoms with van der Waals surface area (Å²) >= 11 is 0. The highest BCUT2D eigenvalue weighted by molar-refractivity contribution is 6.09. The van der Waals surface area contributed by atoms with Gasteiger partial charge >= 0.3 is 0 Å². The van der Waals surface area contributed by atoms with Crippen LogP contribution in [0.3, 0.4) is 0 Å². The SMILES string of the molecule is c1ccc(-n2c3ccc(-c4cccc(-c5cccc6c5-c5ccccc5-c5ccccc5-c5ccccc5-6)c4)cc3c3ncccc32)cc1. The smallest absolute Gasteiger partial charge is 0.0963 e. The highest BCUT2D eigenvalue weighted by atomic mass is 15.0. The number of pyridine rings is 1. The predicted octanol–water partition coefficient (Wildman–Crippen LogP) is 12.5. The summed E-state index contributed by atoms with van der Waals surface area (Å²) in [4.78, 5) is 4.86. The number of para-hydroxylation sites is 1. The van der Waals surface area contributed by atoms with E-state index >= 15 is 0 Å². The minimum absolute atomic E-state index is 1.01. The zero-order valence-electron chi connectivity index (χ0n) is 26.7. The standard InChI is InChI=1S/C47H30N2/c1-2-15-34(16-3-1)49-44-27-26-32(30-43(44)47-45(49)25-12-28-48-47)31-13-10-14-33(29-31)35-23-11-24-42-40-20-7-6-19-38(40)36-17-4-5-18-37(36)39-21-8-9-22-41(39)46(35)42/h1-30H. The second-order valence-corrected chi connectivity index (χ2v) is 12.7. The molecule has 0 N–H and O–H groups in total. The van der Waals surface area contributed by atoms with E-state index in [-0.39, 0.29) is 0 Å². The molecule has 0 amide bonds. The highest BCUT2D eigenvalue weighted by Crippen LogP contribution is 2.50. The van der Waals surface area contributed by atoms with Crippen LogP contribution in [-0.2, 0) is 0 Å². The summed E-state index contributed by atoms with van der Waals surface area (Å²) in [6, 6.07) is 63.9. The molecule has 9 aromatic rings. The van der Waals surface area contributed by atoms with Gasteiger partial charge in [0.05, 0.1) is 16.6 Å². The molecule has 0 aliphatic heterocycles. The maximum Gasteiger partial charge on any atom is 0.0963 e. The van der Waals surface area contributed by atoms with Crippen LogP contribution in [0.25, 0.3) is 94.4 Å². The molecule has 0 saturated carbocycles. The summed E-state index contributed by atoms with van der Waals surface area (Å²) in [6.07, 6.45) is 1.89. The number of benzene rings is 7. The van der Waals surface area contributed by atoms with E-state index in [1.807, 2.05) is 12.3 Å². The van der Waals surface area contributed by atoms with Crippen molar-refractivity contribution in [3.05, 3.63) is 182 Å². The molecule has 0 atom stereocenters. The fourth-order valence-electron chi connectivity index (χ4n) is 7.89. The first-order valence-corrected chi connectivity index (χ1v) is 16.8. The third kappa shape index (κ3) is 4.31. The Morgan fingerprint density at radius 2 is 0.898 bits per heavy atom. The summed E-state index contributed by atoms with van der Waals surface area (Å²) in [5, 5.41) is 1.15. The normalized spacial score (nSPS) is 11.7. The second-order valence-electron chi connectivity index (χ2n) is 12.7. The van der Waals surface area contributed by atoms with E-state index in [0.29, 0.717) is 0 Å². The number of hydrogen-bond donors (Lipinski definition) is 0. The molecule has 0 bridgehead atoms. The van der Waals surface area contributed by atoms with E-state index in [4.69, 9.17) is 4.98 Å². The van der Waals surface area contributed by atoms with Gasteiger partial charge in [-0.2, -0.15) is 0 Å². The van der Waals surface area contributed by atoms with Gasteiger partial charge in [0.2, 0.25) is 0 Å². The average Bonchev–Trinajstić information content (AvgIpc) is 3.51. The molecule has 0 saturated heterocycles. The van der Waals surface area contributed by atoms with Crippen molar-refractivity contribution in [1.29, 1.82) is 0 Å². The van der Waals surface area contributed by atoms with Crippen molar-refractivity contribution in [1.82, 2.24) is 9.55 Å². The Morgan fingerprint density at radius 3 is 1.63 bits per heavy atom. The summed E-state index contributed by atoms with van der Waals surface area (Å²) < 4.78 is 2.31.